The summed E-state index contributed by atoms with van der Waals surface area (Å²) in [5, 5.41) is 0. The molecule has 0 aliphatic heterocycles. The summed E-state index contributed by atoms with van der Waals surface area (Å²) in [7, 11) is 0. The van der Waals surface area contributed by atoms with Gasteiger partial charge >= 0.3 is 0 Å². The van der Waals surface area contributed by atoms with Gasteiger partial charge in [-0.25, -0.2) is 0 Å². The van der Waals surface area contributed by atoms with Crippen LogP contribution < -0.4 is 11.5 Å². The standard InChI is InChI=1S/C15H18N2OS/c1-15(2,3)13-7-6-12(19-13)14(18)10-5-4-9(16)8-11(10)17/h4-8H,16-17H2,1-3H3. The number of anilines is 2. The molecule has 0 radical (unpaired) electrons. The lowest BCUT2D eigenvalue weighted by Gasteiger charge is -2.15. The summed E-state index contributed by atoms with van der Waals surface area (Å²) in [6, 6.07) is 8.87. The highest BCUT2D eigenvalue weighted by atomic mass is 32.1. The van der Waals surface area contributed by atoms with E-state index in [4.69, 9.17) is 11.5 Å². The summed E-state index contributed by atoms with van der Waals surface area (Å²) in [5.74, 6) is -0.0435. The largest absolute Gasteiger partial charge is 0.399 e. The van der Waals surface area contributed by atoms with Crippen LogP contribution in [0.4, 0.5) is 11.4 Å². The Kier molecular flexibility index (Phi) is 3.37. The van der Waals surface area contributed by atoms with Crippen molar-refractivity contribution in [2.24, 2.45) is 0 Å². The average molecular weight is 274 g/mol. The maximum Gasteiger partial charge on any atom is 0.205 e. The number of carbonyl (C=O) groups excluding carboxylic acids is 1. The van der Waals surface area contributed by atoms with E-state index in [1.807, 2.05) is 12.1 Å². The van der Waals surface area contributed by atoms with Crippen LogP contribution in [0, 0.1) is 0 Å². The van der Waals surface area contributed by atoms with Gasteiger partial charge in [-0.3, -0.25) is 4.79 Å². The molecule has 0 spiro atoms. The molecule has 0 atom stereocenters. The van der Waals surface area contributed by atoms with Crippen LogP contribution in [-0.4, -0.2) is 5.78 Å². The third-order valence-electron chi connectivity index (χ3n) is 2.89. The van der Waals surface area contributed by atoms with Gasteiger partial charge in [0.2, 0.25) is 5.78 Å². The lowest BCUT2D eigenvalue weighted by Crippen LogP contribution is -2.08. The molecular weight excluding hydrogens is 256 g/mol. The Morgan fingerprint density at radius 1 is 1.11 bits per heavy atom. The molecule has 0 aliphatic carbocycles. The van der Waals surface area contributed by atoms with Crippen molar-refractivity contribution < 1.29 is 4.79 Å². The Hall–Kier alpha value is -1.81. The molecule has 1 heterocycles. The van der Waals surface area contributed by atoms with Crippen molar-refractivity contribution in [2.75, 3.05) is 11.5 Å². The predicted molar refractivity (Wildman–Crippen MR) is 81.7 cm³/mol. The minimum absolute atomic E-state index is 0.0435. The first-order chi connectivity index (χ1) is 8.79. The number of ketones is 1. The highest BCUT2D eigenvalue weighted by Crippen LogP contribution is 2.31. The monoisotopic (exact) mass is 274 g/mol. The van der Waals surface area contributed by atoms with E-state index in [2.05, 4.69) is 20.8 Å². The molecule has 100 valence electrons. The summed E-state index contributed by atoms with van der Waals surface area (Å²) in [4.78, 5) is 14.3. The van der Waals surface area contributed by atoms with Crippen LogP contribution in [0.3, 0.4) is 0 Å². The maximum atomic E-state index is 12.4. The van der Waals surface area contributed by atoms with E-state index in [1.165, 1.54) is 16.2 Å². The molecular formula is C15H18N2OS. The smallest absolute Gasteiger partial charge is 0.205 e. The van der Waals surface area contributed by atoms with Crippen molar-refractivity contribution in [3.63, 3.8) is 0 Å². The zero-order chi connectivity index (χ0) is 14.2. The van der Waals surface area contributed by atoms with Crippen LogP contribution >= 0.6 is 11.3 Å². The van der Waals surface area contributed by atoms with E-state index in [0.29, 0.717) is 21.8 Å². The highest BCUT2D eigenvalue weighted by Gasteiger charge is 2.20. The van der Waals surface area contributed by atoms with Gasteiger partial charge in [0.1, 0.15) is 0 Å². The second-order valence-electron chi connectivity index (χ2n) is 5.59. The van der Waals surface area contributed by atoms with E-state index in [-0.39, 0.29) is 11.2 Å². The minimum Gasteiger partial charge on any atom is -0.399 e. The zero-order valence-electron chi connectivity index (χ0n) is 11.4. The number of thiophene rings is 1. The van der Waals surface area contributed by atoms with Gasteiger partial charge in [0, 0.05) is 21.8 Å². The molecule has 0 amide bonds. The Morgan fingerprint density at radius 2 is 1.79 bits per heavy atom. The van der Waals surface area contributed by atoms with Gasteiger partial charge in [-0.15, -0.1) is 11.3 Å². The summed E-state index contributed by atoms with van der Waals surface area (Å²) in [6.45, 7) is 6.39. The molecule has 3 nitrogen and oxygen atoms in total. The van der Waals surface area contributed by atoms with E-state index < -0.39 is 0 Å². The summed E-state index contributed by atoms with van der Waals surface area (Å²) >= 11 is 1.52. The normalized spacial score (nSPS) is 11.5. The van der Waals surface area contributed by atoms with Crippen LogP contribution in [0.1, 0.15) is 40.9 Å². The molecule has 1 aromatic carbocycles. The predicted octanol–water partition coefficient (Wildman–Crippen LogP) is 3.44. The van der Waals surface area contributed by atoms with Gasteiger partial charge < -0.3 is 11.5 Å². The van der Waals surface area contributed by atoms with Crippen molar-refractivity contribution in [3.8, 4) is 0 Å². The third kappa shape index (κ3) is 2.79. The molecule has 0 unspecified atom stereocenters. The van der Waals surface area contributed by atoms with Crippen LogP contribution in [-0.2, 0) is 5.41 Å². The molecule has 1 aromatic heterocycles. The molecule has 4 heteroatoms. The molecule has 0 saturated carbocycles. The second-order valence-corrected chi connectivity index (χ2v) is 6.67. The number of hydrogen-bond donors (Lipinski definition) is 2. The highest BCUT2D eigenvalue weighted by molar-refractivity contribution is 7.14. The molecule has 0 saturated heterocycles. The summed E-state index contributed by atoms with van der Waals surface area (Å²) in [6.07, 6.45) is 0. The molecule has 0 fully saturated rings. The SMILES string of the molecule is CC(C)(C)c1ccc(C(=O)c2ccc(N)cc2N)s1. The van der Waals surface area contributed by atoms with Crippen LogP contribution in [0.25, 0.3) is 0 Å². The van der Waals surface area contributed by atoms with Crippen LogP contribution in [0.15, 0.2) is 30.3 Å². The van der Waals surface area contributed by atoms with Crippen molar-refractivity contribution in [3.05, 3.63) is 45.6 Å². The molecule has 2 rings (SSSR count). The number of hydrogen-bond acceptors (Lipinski definition) is 4. The zero-order valence-corrected chi connectivity index (χ0v) is 12.2. The number of rotatable bonds is 2. The lowest BCUT2D eigenvalue weighted by molar-refractivity contribution is 0.104. The quantitative estimate of drug-likeness (QED) is 0.651. The fourth-order valence-corrected chi connectivity index (χ4v) is 2.80. The first-order valence-corrected chi connectivity index (χ1v) is 6.90. The number of nitrogen functional groups attached to an aromatic ring is 2. The first-order valence-electron chi connectivity index (χ1n) is 6.09. The van der Waals surface area contributed by atoms with Crippen molar-refractivity contribution in [1.82, 2.24) is 0 Å². The topological polar surface area (TPSA) is 69.1 Å². The van der Waals surface area contributed by atoms with E-state index in [0.717, 1.165) is 0 Å². The Balaban J connectivity index is 2.37. The van der Waals surface area contributed by atoms with E-state index in [9.17, 15) is 4.79 Å². The van der Waals surface area contributed by atoms with Crippen molar-refractivity contribution in [2.45, 2.75) is 26.2 Å². The second kappa shape index (κ2) is 4.70. The van der Waals surface area contributed by atoms with E-state index >= 15 is 0 Å². The number of carbonyl (C=O) groups is 1. The van der Waals surface area contributed by atoms with Crippen molar-refractivity contribution >= 4 is 28.5 Å². The maximum absolute atomic E-state index is 12.4. The van der Waals surface area contributed by atoms with Gasteiger partial charge in [0.05, 0.1) is 4.88 Å². The Morgan fingerprint density at radius 3 is 2.32 bits per heavy atom. The lowest BCUT2D eigenvalue weighted by atomic mass is 9.95. The molecule has 0 aliphatic rings. The molecule has 2 aromatic rings. The van der Waals surface area contributed by atoms with E-state index in [1.54, 1.807) is 18.2 Å². The molecule has 0 bridgehead atoms. The Bertz CT molecular complexity index is 623. The van der Waals surface area contributed by atoms with Gasteiger partial charge in [0.25, 0.3) is 0 Å². The summed E-state index contributed by atoms with van der Waals surface area (Å²) < 4.78 is 0. The van der Waals surface area contributed by atoms with Crippen LogP contribution in [0.2, 0.25) is 0 Å². The van der Waals surface area contributed by atoms with Gasteiger partial charge in [-0.1, -0.05) is 20.8 Å². The number of nitrogens with two attached hydrogens (primary N) is 2. The fraction of sp³-hybridized carbons (Fsp3) is 0.267. The number of benzene rings is 1. The summed E-state index contributed by atoms with van der Waals surface area (Å²) in [5.41, 5.74) is 13.0. The molecule has 4 N–H and O–H groups in total. The van der Waals surface area contributed by atoms with Crippen molar-refractivity contribution in [1.29, 1.82) is 0 Å². The fourth-order valence-electron chi connectivity index (χ4n) is 1.78. The average Bonchev–Trinajstić information content (AvgIpc) is 2.76. The third-order valence-corrected chi connectivity index (χ3v) is 4.40. The van der Waals surface area contributed by atoms with Gasteiger partial charge in [-0.05, 0) is 35.7 Å². The minimum atomic E-state index is -0.0435. The van der Waals surface area contributed by atoms with Gasteiger partial charge in [0.15, 0.2) is 0 Å². The van der Waals surface area contributed by atoms with Gasteiger partial charge in [-0.2, -0.15) is 0 Å². The molecule has 19 heavy (non-hydrogen) atoms. The van der Waals surface area contributed by atoms with Crippen LogP contribution in [0.5, 0.6) is 0 Å². The Labute approximate surface area is 117 Å². The first kappa shape index (κ1) is 13.6.